The Bertz CT molecular complexity index is 582. The molecule has 1 atom stereocenters. The van der Waals surface area contributed by atoms with Gasteiger partial charge in [0.15, 0.2) is 0 Å². The number of rotatable bonds is 6. The van der Waals surface area contributed by atoms with Gasteiger partial charge in [-0.3, -0.25) is 4.79 Å². The molecule has 1 amide bonds. The summed E-state index contributed by atoms with van der Waals surface area (Å²) in [5.41, 5.74) is 1.94. The summed E-state index contributed by atoms with van der Waals surface area (Å²) >= 11 is 1.15. The topological polar surface area (TPSA) is 58.1 Å². The van der Waals surface area contributed by atoms with Crippen molar-refractivity contribution in [2.75, 3.05) is 20.6 Å². The van der Waals surface area contributed by atoms with Crippen molar-refractivity contribution < 1.29 is 4.79 Å². The molecule has 0 saturated carbocycles. The molecule has 5 nitrogen and oxygen atoms in total. The molecular formula is C15H20N4OS. The Morgan fingerprint density at radius 1 is 1.33 bits per heavy atom. The molecule has 1 aromatic heterocycles. The average Bonchev–Trinajstić information content (AvgIpc) is 2.96. The number of aromatic nitrogens is 2. The van der Waals surface area contributed by atoms with Crippen LogP contribution in [0, 0.1) is 0 Å². The molecule has 0 aliphatic carbocycles. The number of hydrogen-bond acceptors (Lipinski definition) is 5. The van der Waals surface area contributed by atoms with Crippen LogP contribution < -0.4 is 5.32 Å². The Kier molecular flexibility index (Phi) is 5.41. The molecule has 0 spiro atoms. The van der Waals surface area contributed by atoms with Gasteiger partial charge in [0.2, 0.25) is 0 Å². The number of carbonyl (C=O) groups excluding carboxylic acids is 1. The van der Waals surface area contributed by atoms with Gasteiger partial charge >= 0.3 is 0 Å². The second-order valence-corrected chi connectivity index (χ2v) is 5.76. The van der Waals surface area contributed by atoms with Crippen molar-refractivity contribution in [3.8, 4) is 0 Å². The van der Waals surface area contributed by atoms with Crippen LogP contribution in [0.15, 0.2) is 30.3 Å². The Morgan fingerprint density at radius 2 is 2.05 bits per heavy atom. The van der Waals surface area contributed by atoms with Crippen molar-refractivity contribution in [3.63, 3.8) is 0 Å². The van der Waals surface area contributed by atoms with Gasteiger partial charge in [-0.2, -0.15) is 0 Å². The predicted molar refractivity (Wildman–Crippen MR) is 84.5 cm³/mol. The van der Waals surface area contributed by atoms with Gasteiger partial charge in [-0.15, -0.1) is 5.10 Å². The molecule has 2 rings (SSSR count). The molecule has 0 bridgehead atoms. The number of amides is 1. The van der Waals surface area contributed by atoms with Gasteiger partial charge in [-0.05, 0) is 37.6 Å². The Labute approximate surface area is 129 Å². The fraction of sp³-hybridized carbons (Fsp3) is 0.400. The molecular weight excluding hydrogens is 284 g/mol. The first-order valence-corrected chi connectivity index (χ1v) is 7.71. The van der Waals surface area contributed by atoms with Crippen LogP contribution in [0.1, 0.15) is 33.9 Å². The van der Waals surface area contributed by atoms with Crippen LogP contribution in [0.3, 0.4) is 0 Å². The molecule has 1 aromatic carbocycles. The van der Waals surface area contributed by atoms with Crippen molar-refractivity contribution in [3.05, 3.63) is 46.5 Å². The van der Waals surface area contributed by atoms with E-state index in [0.717, 1.165) is 23.6 Å². The number of benzene rings is 1. The highest BCUT2D eigenvalue weighted by Gasteiger charge is 2.18. The zero-order valence-corrected chi connectivity index (χ0v) is 13.4. The van der Waals surface area contributed by atoms with E-state index in [1.807, 2.05) is 39.2 Å². The highest BCUT2D eigenvalue weighted by molar-refractivity contribution is 7.08. The fourth-order valence-corrected chi connectivity index (χ4v) is 2.82. The molecule has 112 valence electrons. The maximum atomic E-state index is 12.2. The first-order chi connectivity index (χ1) is 10.1. The van der Waals surface area contributed by atoms with E-state index in [2.05, 4.69) is 31.9 Å². The highest BCUT2D eigenvalue weighted by atomic mass is 32.1. The minimum atomic E-state index is -0.0929. The highest BCUT2D eigenvalue weighted by Crippen LogP contribution is 2.17. The maximum Gasteiger partial charge on any atom is 0.265 e. The van der Waals surface area contributed by atoms with Crippen molar-refractivity contribution in [1.29, 1.82) is 0 Å². The summed E-state index contributed by atoms with van der Waals surface area (Å²) in [6.07, 6.45) is 0.717. The molecule has 0 aliphatic rings. The number of nitrogens with one attached hydrogen (secondary N) is 1. The van der Waals surface area contributed by atoms with E-state index < -0.39 is 0 Å². The number of nitrogens with zero attached hydrogens (tertiary/aromatic N) is 3. The van der Waals surface area contributed by atoms with E-state index in [1.54, 1.807) is 0 Å². The van der Waals surface area contributed by atoms with E-state index in [0.29, 0.717) is 11.4 Å². The van der Waals surface area contributed by atoms with Crippen LogP contribution in [0.2, 0.25) is 0 Å². The summed E-state index contributed by atoms with van der Waals surface area (Å²) in [7, 11) is 4.02. The molecule has 1 N–H and O–H groups in total. The zero-order chi connectivity index (χ0) is 15.2. The van der Waals surface area contributed by atoms with E-state index >= 15 is 0 Å². The lowest BCUT2D eigenvalue weighted by atomic mass is 10.1. The van der Waals surface area contributed by atoms with Gasteiger partial charge in [0.25, 0.3) is 5.91 Å². The average molecular weight is 304 g/mol. The van der Waals surface area contributed by atoms with E-state index in [4.69, 9.17) is 0 Å². The minimum absolute atomic E-state index is 0.0929. The zero-order valence-electron chi connectivity index (χ0n) is 12.5. The van der Waals surface area contributed by atoms with Crippen LogP contribution in [-0.4, -0.2) is 41.0 Å². The van der Waals surface area contributed by atoms with Crippen LogP contribution >= 0.6 is 11.5 Å². The van der Waals surface area contributed by atoms with E-state index in [-0.39, 0.29) is 11.9 Å². The Morgan fingerprint density at radius 3 is 2.67 bits per heavy atom. The standard InChI is InChI=1S/C15H20N4OS/c1-4-12-14(21-18-17-12)15(20)16-10-13(19(2)3)11-8-6-5-7-9-11/h5-9,13H,4,10H2,1-3H3,(H,16,20)/t13-/m0/s1. The second kappa shape index (κ2) is 7.28. The normalized spacial score (nSPS) is 12.4. The lowest BCUT2D eigenvalue weighted by molar-refractivity contribution is 0.0945. The van der Waals surface area contributed by atoms with Gasteiger partial charge in [0, 0.05) is 6.54 Å². The van der Waals surface area contributed by atoms with Crippen molar-refractivity contribution in [1.82, 2.24) is 19.8 Å². The monoisotopic (exact) mass is 304 g/mol. The van der Waals surface area contributed by atoms with E-state index in [9.17, 15) is 4.79 Å². The summed E-state index contributed by atoms with van der Waals surface area (Å²) in [6, 6.07) is 10.3. The van der Waals surface area contributed by atoms with Gasteiger partial charge in [-0.1, -0.05) is 41.7 Å². The largest absolute Gasteiger partial charge is 0.349 e. The summed E-state index contributed by atoms with van der Waals surface area (Å²) in [5, 5.41) is 6.96. The molecule has 1 heterocycles. The van der Waals surface area contributed by atoms with Gasteiger partial charge in [0.1, 0.15) is 4.88 Å². The minimum Gasteiger partial charge on any atom is -0.349 e. The van der Waals surface area contributed by atoms with Crippen LogP contribution in [0.5, 0.6) is 0 Å². The molecule has 6 heteroatoms. The third-order valence-electron chi connectivity index (χ3n) is 3.36. The van der Waals surface area contributed by atoms with Crippen LogP contribution in [0.25, 0.3) is 0 Å². The van der Waals surface area contributed by atoms with Crippen LogP contribution in [-0.2, 0) is 6.42 Å². The summed E-state index contributed by atoms with van der Waals surface area (Å²) in [4.78, 5) is 15.0. The predicted octanol–water partition coefficient (Wildman–Crippen LogP) is 2.13. The third-order valence-corrected chi connectivity index (χ3v) is 4.13. The number of likely N-dealkylation sites (N-methyl/N-ethyl adjacent to an activating group) is 1. The van der Waals surface area contributed by atoms with Gasteiger partial charge in [0.05, 0.1) is 11.7 Å². The van der Waals surface area contributed by atoms with E-state index in [1.165, 1.54) is 5.56 Å². The summed E-state index contributed by atoms with van der Waals surface area (Å²) in [5.74, 6) is -0.0929. The first kappa shape index (κ1) is 15.6. The smallest absolute Gasteiger partial charge is 0.265 e. The van der Waals surface area contributed by atoms with Crippen molar-refractivity contribution in [2.45, 2.75) is 19.4 Å². The fourth-order valence-electron chi connectivity index (χ4n) is 2.16. The molecule has 0 unspecified atom stereocenters. The summed E-state index contributed by atoms with van der Waals surface area (Å²) < 4.78 is 3.85. The molecule has 21 heavy (non-hydrogen) atoms. The Hall–Kier alpha value is -1.79. The summed E-state index contributed by atoms with van der Waals surface area (Å²) in [6.45, 7) is 2.52. The SMILES string of the molecule is CCc1nnsc1C(=O)NC[C@@H](c1ccccc1)N(C)C. The van der Waals surface area contributed by atoms with Gasteiger partial charge < -0.3 is 10.2 Å². The molecule has 2 aromatic rings. The quantitative estimate of drug-likeness (QED) is 0.888. The number of carbonyl (C=O) groups is 1. The lowest BCUT2D eigenvalue weighted by Gasteiger charge is -2.25. The maximum absolute atomic E-state index is 12.2. The molecule has 0 fully saturated rings. The first-order valence-electron chi connectivity index (χ1n) is 6.94. The van der Waals surface area contributed by atoms with Crippen LogP contribution in [0.4, 0.5) is 0 Å². The third kappa shape index (κ3) is 3.86. The van der Waals surface area contributed by atoms with Crippen molar-refractivity contribution in [2.24, 2.45) is 0 Å². The Balaban J connectivity index is 2.04. The number of aryl methyl sites for hydroxylation is 1. The second-order valence-electron chi connectivity index (χ2n) is 5.00. The molecule has 0 aliphatic heterocycles. The lowest BCUT2D eigenvalue weighted by Crippen LogP contribution is -2.34. The molecule has 0 radical (unpaired) electrons. The number of hydrogen-bond donors (Lipinski definition) is 1. The molecule has 0 saturated heterocycles. The van der Waals surface area contributed by atoms with Crippen molar-refractivity contribution >= 4 is 17.4 Å². The van der Waals surface area contributed by atoms with Gasteiger partial charge in [-0.25, -0.2) is 0 Å².